The van der Waals surface area contributed by atoms with E-state index in [0.717, 1.165) is 11.3 Å². The molecule has 3 heteroatoms. The minimum atomic E-state index is -0.488. The monoisotopic (exact) mass is 298 g/mol. The van der Waals surface area contributed by atoms with Gasteiger partial charge in [0.05, 0.1) is 12.1 Å². The fourth-order valence-corrected chi connectivity index (χ4v) is 2.68. The van der Waals surface area contributed by atoms with Crippen molar-refractivity contribution in [3.63, 3.8) is 0 Å². The summed E-state index contributed by atoms with van der Waals surface area (Å²) in [6, 6.07) is 16.3. The van der Waals surface area contributed by atoms with Gasteiger partial charge in [-0.2, -0.15) is 0 Å². The van der Waals surface area contributed by atoms with Crippen LogP contribution in [0, 0.1) is 13.8 Å². The quantitative estimate of drug-likeness (QED) is 0.858. The zero-order chi connectivity index (χ0) is 16.1. The number of likely N-dealkylation sites (N-methyl/N-ethyl adjacent to an activating group) is 1. The van der Waals surface area contributed by atoms with Gasteiger partial charge in [-0.1, -0.05) is 48.0 Å². The number of aryl methyl sites for hydroxylation is 2. The van der Waals surface area contributed by atoms with Crippen LogP contribution in [-0.2, 0) is 0 Å². The van der Waals surface area contributed by atoms with E-state index in [4.69, 9.17) is 0 Å². The van der Waals surface area contributed by atoms with Gasteiger partial charge < -0.3 is 15.3 Å². The first-order chi connectivity index (χ1) is 10.5. The highest BCUT2D eigenvalue weighted by Crippen LogP contribution is 2.26. The van der Waals surface area contributed by atoms with E-state index in [0.29, 0.717) is 6.54 Å². The molecule has 0 aliphatic rings. The van der Waals surface area contributed by atoms with E-state index in [2.05, 4.69) is 49.5 Å². The molecule has 2 atom stereocenters. The lowest BCUT2D eigenvalue weighted by Crippen LogP contribution is -2.34. The Hall–Kier alpha value is -1.84. The summed E-state index contributed by atoms with van der Waals surface area (Å²) in [5, 5.41) is 14.2. The molecule has 0 saturated heterocycles. The maximum Gasteiger partial charge on any atom is 0.0909 e. The molecule has 0 amide bonds. The van der Waals surface area contributed by atoms with Gasteiger partial charge in [-0.15, -0.1) is 0 Å². The molecule has 0 fully saturated rings. The van der Waals surface area contributed by atoms with Crippen LogP contribution in [0.4, 0.5) is 5.69 Å². The Morgan fingerprint density at radius 3 is 2.32 bits per heavy atom. The van der Waals surface area contributed by atoms with Gasteiger partial charge in [0.2, 0.25) is 0 Å². The normalized spacial score (nSPS) is 13.9. The third kappa shape index (κ3) is 4.33. The molecular weight excluding hydrogens is 272 g/mol. The number of anilines is 1. The molecule has 0 aliphatic heterocycles. The Labute approximate surface area is 133 Å². The van der Waals surface area contributed by atoms with E-state index in [1.165, 1.54) is 11.1 Å². The SMILES string of the molecule is Cc1ccc(NC(c2ccccc2)C(O)CN(C)C)c(C)c1. The van der Waals surface area contributed by atoms with Gasteiger partial charge in [-0.25, -0.2) is 0 Å². The summed E-state index contributed by atoms with van der Waals surface area (Å²) in [5.74, 6) is 0. The van der Waals surface area contributed by atoms with Gasteiger partial charge in [0, 0.05) is 12.2 Å². The lowest BCUT2D eigenvalue weighted by atomic mass is 9.99. The van der Waals surface area contributed by atoms with Gasteiger partial charge in [-0.3, -0.25) is 0 Å². The zero-order valence-corrected chi connectivity index (χ0v) is 13.9. The summed E-state index contributed by atoms with van der Waals surface area (Å²) < 4.78 is 0. The second-order valence-corrected chi connectivity index (χ2v) is 6.18. The summed E-state index contributed by atoms with van der Waals surface area (Å²) in [7, 11) is 3.95. The molecule has 0 bridgehead atoms. The van der Waals surface area contributed by atoms with E-state index in [1.807, 2.05) is 37.2 Å². The molecule has 2 unspecified atom stereocenters. The number of hydrogen-bond acceptors (Lipinski definition) is 3. The number of benzene rings is 2. The summed E-state index contributed by atoms with van der Waals surface area (Å²) in [4.78, 5) is 2.00. The van der Waals surface area contributed by atoms with Crippen molar-refractivity contribution >= 4 is 5.69 Å². The standard InChI is InChI=1S/C19H26N2O/c1-14-10-11-17(15(2)12-14)20-19(18(22)13-21(3)4)16-8-6-5-7-9-16/h5-12,18-20,22H,13H2,1-4H3. The van der Waals surface area contributed by atoms with Crippen LogP contribution in [0.5, 0.6) is 0 Å². The molecule has 2 N–H and O–H groups in total. The first-order valence-electron chi connectivity index (χ1n) is 7.69. The second kappa shape index (κ2) is 7.43. The highest BCUT2D eigenvalue weighted by atomic mass is 16.3. The second-order valence-electron chi connectivity index (χ2n) is 6.18. The molecule has 0 radical (unpaired) electrons. The Balaban J connectivity index is 2.28. The maximum absolute atomic E-state index is 10.6. The number of aliphatic hydroxyl groups excluding tert-OH is 1. The van der Waals surface area contributed by atoms with Gasteiger partial charge in [0.1, 0.15) is 0 Å². The van der Waals surface area contributed by atoms with Gasteiger partial charge in [0.15, 0.2) is 0 Å². The summed E-state index contributed by atoms with van der Waals surface area (Å²) >= 11 is 0. The third-order valence-electron chi connectivity index (χ3n) is 3.79. The molecule has 3 nitrogen and oxygen atoms in total. The van der Waals surface area contributed by atoms with Crippen molar-refractivity contribution in [1.82, 2.24) is 4.90 Å². The van der Waals surface area contributed by atoms with Crippen molar-refractivity contribution in [3.8, 4) is 0 Å². The molecule has 118 valence electrons. The highest BCUT2D eigenvalue weighted by molar-refractivity contribution is 5.53. The van der Waals surface area contributed by atoms with Crippen LogP contribution in [0.25, 0.3) is 0 Å². The van der Waals surface area contributed by atoms with Crippen molar-refractivity contribution in [2.24, 2.45) is 0 Å². The van der Waals surface area contributed by atoms with E-state index >= 15 is 0 Å². The third-order valence-corrected chi connectivity index (χ3v) is 3.79. The Morgan fingerprint density at radius 1 is 1.05 bits per heavy atom. The van der Waals surface area contributed by atoms with Crippen molar-refractivity contribution in [3.05, 3.63) is 65.2 Å². The zero-order valence-electron chi connectivity index (χ0n) is 13.9. The predicted octanol–water partition coefficient (Wildman–Crippen LogP) is 3.38. The van der Waals surface area contributed by atoms with E-state index in [-0.39, 0.29) is 6.04 Å². The van der Waals surface area contributed by atoms with Crippen LogP contribution in [0.2, 0.25) is 0 Å². The molecule has 2 aromatic rings. The largest absolute Gasteiger partial charge is 0.389 e. The smallest absolute Gasteiger partial charge is 0.0909 e. The average Bonchev–Trinajstić information content (AvgIpc) is 2.46. The Morgan fingerprint density at radius 2 is 1.73 bits per heavy atom. The number of nitrogens with zero attached hydrogens (tertiary/aromatic N) is 1. The first-order valence-corrected chi connectivity index (χ1v) is 7.69. The molecule has 22 heavy (non-hydrogen) atoms. The molecular formula is C19H26N2O. The van der Waals surface area contributed by atoms with E-state index < -0.39 is 6.10 Å². The van der Waals surface area contributed by atoms with Crippen LogP contribution in [0.15, 0.2) is 48.5 Å². The average molecular weight is 298 g/mol. The molecule has 0 heterocycles. The number of aliphatic hydroxyl groups is 1. The van der Waals surface area contributed by atoms with Gasteiger partial charge >= 0.3 is 0 Å². The lowest BCUT2D eigenvalue weighted by molar-refractivity contribution is 0.118. The molecule has 0 spiro atoms. The molecule has 0 aliphatic carbocycles. The van der Waals surface area contributed by atoms with Crippen LogP contribution in [-0.4, -0.2) is 36.8 Å². The number of rotatable bonds is 6. The van der Waals surface area contributed by atoms with E-state index in [1.54, 1.807) is 0 Å². The molecule has 2 aromatic carbocycles. The van der Waals surface area contributed by atoms with Gasteiger partial charge in [-0.05, 0) is 45.1 Å². The van der Waals surface area contributed by atoms with Crippen molar-refractivity contribution < 1.29 is 5.11 Å². The van der Waals surface area contributed by atoms with Crippen molar-refractivity contribution in [2.45, 2.75) is 26.0 Å². The van der Waals surface area contributed by atoms with Crippen LogP contribution in [0.1, 0.15) is 22.7 Å². The van der Waals surface area contributed by atoms with Crippen molar-refractivity contribution in [1.29, 1.82) is 0 Å². The molecule has 0 aromatic heterocycles. The number of nitrogens with one attached hydrogen (secondary N) is 1. The summed E-state index contributed by atoms with van der Waals surface area (Å²) in [6.45, 7) is 4.79. The fraction of sp³-hybridized carbons (Fsp3) is 0.368. The van der Waals surface area contributed by atoms with E-state index in [9.17, 15) is 5.11 Å². The fourth-order valence-electron chi connectivity index (χ4n) is 2.68. The maximum atomic E-state index is 10.6. The molecule has 0 saturated carbocycles. The minimum absolute atomic E-state index is 0.134. The predicted molar refractivity (Wildman–Crippen MR) is 93.3 cm³/mol. The first kappa shape index (κ1) is 16.5. The van der Waals surface area contributed by atoms with Crippen LogP contribution in [0.3, 0.4) is 0 Å². The summed E-state index contributed by atoms with van der Waals surface area (Å²) in [5.41, 5.74) is 4.60. The van der Waals surface area contributed by atoms with Crippen LogP contribution < -0.4 is 5.32 Å². The topological polar surface area (TPSA) is 35.5 Å². The summed E-state index contributed by atoms with van der Waals surface area (Å²) in [6.07, 6.45) is -0.488. The lowest BCUT2D eigenvalue weighted by Gasteiger charge is -2.28. The minimum Gasteiger partial charge on any atom is -0.389 e. The Kier molecular flexibility index (Phi) is 5.58. The highest BCUT2D eigenvalue weighted by Gasteiger charge is 2.22. The molecule has 2 rings (SSSR count). The van der Waals surface area contributed by atoms with Gasteiger partial charge in [0.25, 0.3) is 0 Å². The van der Waals surface area contributed by atoms with Crippen LogP contribution >= 0.6 is 0 Å². The number of hydrogen-bond donors (Lipinski definition) is 2. The van der Waals surface area contributed by atoms with Crippen molar-refractivity contribution in [2.75, 3.05) is 26.0 Å². The Bertz CT molecular complexity index is 596.